The number of amides is 2. The molecule has 0 heterocycles. The molecule has 2 aromatic carbocycles. The highest BCUT2D eigenvalue weighted by atomic mass is 16.5. The van der Waals surface area contributed by atoms with E-state index in [1.54, 1.807) is 7.11 Å². The Hall–Kier alpha value is -2.70. The van der Waals surface area contributed by atoms with Gasteiger partial charge in [-0.2, -0.15) is 0 Å². The van der Waals surface area contributed by atoms with Crippen molar-refractivity contribution in [3.63, 3.8) is 0 Å². The molecule has 2 amide bonds. The van der Waals surface area contributed by atoms with Crippen molar-refractivity contribution in [2.45, 2.75) is 224 Å². The van der Waals surface area contributed by atoms with E-state index in [1.165, 1.54) is 99.3 Å². The molecule has 4 saturated carbocycles. The van der Waals surface area contributed by atoms with Crippen LogP contribution in [0, 0.1) is 5.41 Å². The molecular weight excluding hydrogens is 729 g/mol. The molecule has 4 fully saturated rings. The van der Waals surface area contributed by atoms with Crippen LogP contribution < -0.4 is 0 Å². The lowest BCUT2D eigenvalue weighted by molar-refractivity contribution is -0.163. The van der Waals surface area contributed by atoms with Crippen molar-refractivity contribution >= 4 is 11.8 Å². The smallest absolute Gasteiger partial charge is 0.252 e. The molecular formula is C53H82N2O4. The van der Waals surface area contributed by atoms with Crippen LogP contribution in [0.4, 0.5) is 0 Å². The Balaban J connectivity index is 1.40. The molecule has 1 atom stereocenters. The number of methoxy groups -OCH3 is 1. The number of benzene rings is 2. The van der Waals surface area contributed by atoms with E-state index in [9.17, 15) is 4.79 Å². The van der Waals surface area contributed by atoms with Crippen LogP contribution in [0.2, 0.25) is 0 Å². The van der Waals surface area contributed by atoms with Crippen LogP contribution in [0.25, 0.3) is 0 Å². The molecule has 4 aliphatic carbocycles. The third-order valence-electron chi connectivity index (χ3n) is 14.8. The molecule has 0 saturated heterocycles. The number of hydrogen-bond acceptors (Lipinski definition) is 4. The molecule has 4 aliphatic rings. The molecule has 1 unspecified atom stereocenters. The summed E-state index contributed by atoms with van der Waals surface area (Å²) in [6, 6.07) is 19.2. The highest BCUT2D eigenvalue weighted by molar-refractivity contribution is 5.83. The zero-order valence-corrected chi connectivity index (χ0v) is 38.5. The van der Waals surface area contributed by atoms with Gasteiger partial charge in [0.2, 0.25) is 5.91 Å². The molecule has 6 nitrogen and oxygen atoms in total. The van der Waals surface area contributed by atoms with Gasteiger partial charge in [0.1, 0.15) is 12.7 Å². The van der Waals surface area contributed by atoms with Crippen LogP contribution >= 0.6 is 0 Å². The fourth-order valence-corrected chi connectivity index (χ4v) is 11.4. The van der Waals surface area contributed by atoms with Crippen molar-refractivity contribution in [2.75, 3.05) is 20.3 Å². The lowest BCUT2D eigenvalue weighted by atomic mass is 9.71. The predicted molar refractivity (Wildman–Crippen MR) is 243 cm³/mol. The van der Waals surface area contributed by atoms with Crippen molar-refractivity contribution in [2.24, 2.45) is 5.41 Å². The first-order valence-electron chi connectivity index (χ1n) is 24.2. The van der Waals surface area contributed by atoms with Gasteiger partial charge in [0.05, 0.1) is 6.61 Å². The Morgan fingerprint density at radius 1 is 0.542 bits per heavy atom. The number of ether oxygens (including phenoxy) is 2. The lowest BCUT2D eigenvalue weighted by Gasteiger charge is -2.47. The normalized spacial score (nSPS) is 20.3. The summed E-state index contributed by atoms with van der Waals surface area (Å²) >= 11 is 0. The maximum Gasteiger partial charge on any atom is 0.252 e. The van der Waals surface area contributed by atoms with E-state index in [2.05, 4.69) is 99.9 Å². The summed E-state index contributed by atoms with van der Waals surface area (Å²) in [5.74, 6) is 0.262. The van der Waals surface area contributed by atoms with Gasteiger partial charge in [-0.15, -0.1) is 0 Å². The van der Waals surface area contributed by atoms with E-state index >= 15 is 4.79 Å². The summed E-state index contributed by atoms with van der Waals surface area (Å²) in [7, 11) is 1.75. The van der Waals surface area contributed by atoms with Crippen molar-refractivity contribution in [1.82, 2.24) is 9.80 Å². The van der Waals surface area contributed by atoms with Crippen LogP contribution in [0.5, 0.6) is 0 Å². The Bertz CT molecular complexity index is 1480. The fraction of sp³-hybridized carbons (Fsp3) is 0.736. The molecule has 0 spiro atoms. The highest BCUT2D eigenvalue weighted by Crippen LogP contribution is 2.40. The average Bonchev–Trinajstić information content (AvgIpc) is 3.23. The second kappa shape index (κ2) is 20.9. The minimum atomic E-state index is -0.763. The molecule has 59 heavy (non-hydrogen) atoms. The van der Waals surface area contributed by atoms with Crippen LogP contribution in [0.1, 0.15) is 192 Å². The summed E-state index contributed by atoms with van der Waals surface area (Å²) in [5.41, 5.74) is 4.21. The summed E-state index contributed by atoms with van der Waals surface area (Å²) in [6.07, 6.45) is 23.6. The summed E-state index contributed by atoms with van der Waals surface area (Å²) in [4.78, 5) is 35.0. The largest absolute Gasteiger partial charge is 0.371 e. The van der Waals surface area contributed by atoms with Gasteiger partial charge < -0.3 is 19.3 Å². The Morgan fingerprint density at radius 3 is 1.20 bits per heavy atom. The van der Waals surface area contributed by atoms with Crippen molar-refractivity contribution < 1.29 is 19.1 Å². The molecule has 0 bridgehead atoms. The van der Waals surface area contributed by atoms with Gasteiger partial charge in [0, 0.05) is 36.7 Å². The topological polar surface area (TPSA) is 59.1 Å². The lowest BCUT2D eigenvalue weighted by Crippen LogP contribution is -2.59. The SMILES string of the molecule is COC(C(=O)N(C1CCCCC1)C1CCCCC1)C(COCC(=O)N(C1CCCCC1)C1CCCCC1)(Cc1ccc(C(C)(C)C)cc1)Cc1ccc(C(C)(C)C)cc1. The number of carbonyl (C=O) groups excluding carboxylic acids is 2. The van der Waals surface area contributed by atoms with Crippen LogP contribution in [0.15, 0.2) is 48.5 Å². The summed E-state index contributed by atoms with van der Waals surface area (Å²) in [6.45, 7) is 13.8. The second-order valence-electron chi connectivity index (χ2n) is 21.4. The number of rotatable bonds is 15. The molecule has 6 rings (SSSR count). The first-order valence-corrected chi connectivity index (χ1v) is 24.2. The Kier molecular flexibility index (Phi) is 16.2. The van der Waals surface area contributed by atoms with E-state index in [0.717, 1.165) is 51.4 Å². The van der Waals surface area contributed by atoms with Gasteiger partial charge >= 0.3 is 0 Å². The first-order chi connectivity index (χ1) is 28.3. The molecule has 0 aliphatic heterocycles. The fourth-order valence-electron chi connectivity index (χ4n) is 11.4. The van der Waals surface area contributed by atoms with Crippen LogP contribution in [-0.4, -0.2) is 72.2 Å². The highest BCUT2D eigenvalue weighted by Gasteiger charge is 2.48. The monoisotopic (exact) mass is 811 g/mol. The minimum absolute atomic E-state index is 0.0297. The zero-order chi connectivity index (χ0) is 42.0. The van der Waals surface area contributed by atoms with E-state index in [-0.39, 0.29) is 47.9 Å². The standard InChI is InChI=1S/C53H82N2O4/c1-51(2,3)42-32-28-40(29-33-42)36-53(37-41-30-34-43(35-31-41)52(4,5)6,39-59-38-48(56)54(44-20-12-8-13-21-44)45-22-14-9-15-23-45)49(58-7)50(57)55(46-24-16-10-17-25-46)47-26-18-11-19-27-47/h28-35,44-47,49H,8-27,36-39H2,1-7H3. The van der Waals surface area contributed by atoms with E-state index < -0.39 is 11.5 Å². The van der Waals surface area contributed by atoms with E-state index in [4.69, 9.17) is 9.47 Å². The van der Waals surface area contributed by atoms with Crippen molar-refractivity contribution in [3.8, 4) is 0 Å². The number of hydrogen-bond donors (Lipinski definition) is 0. The predicted octanol–water partition coefficient (Wildman–Crippen LogP) is 12.1. The molecule has 0 aromatic heterocycles. The van der Waals surface area contributed by atoms with Gasteiger partial charge in [0.25, 0.3) is 5.91 Å². The third-order valence-corrected chi connectivity index (χ3v) is 14.8. The Morgan fingerprint density at radius 2 is 0.881 bits per heavy atom. The van der Waals surface area contributed by atoms with Crippen LogP contribution in [-0.2, 0) is 42.7 Å². The molecule has 0 radical (unpaired) electrons. The summed E-state index contributed by atoms with van der Waals surface area (Å²) in [5, 5.41) is 0. The maximum atomic E-state index is 15.8. The average molecular weight is 811 g/mol. The van der Waals surface area contributed by atoms with Gasteiger partial charge in [-0.05, 0) is 97.3 Å². The third kappa shape index (κ3) is 12.0. The van der Waals surface area contributed by atoms with Crippen molar-refractivity contribution in [3.05, 3.63) is 70.8 Å². The van der Waals surface area contributed by atoms with E-state index in [1.807, 2.05) is 0 Å². The van der Waals surface area contributed by atoms with Gasteiger partial charge in [-0.25, -0.2) is 0 Å². The molecule has 2 aromatic rings. The van der Waals surface area contributed by atoms with Crippen molar-refractivity contribution in [1.29, 1.82) is 0 Å². The number of carbonyl (C=O) groups is 2. The summed E-state index contributed by atoms with van der Waals surface area (Å²) < 4.78 is 13.6. The second-order valence-corrected chi connectivity index (χ2v) is 21.4. The number of nitrogens with zero attached hydrogens (tertiary/aromatic N) is 2. The van der Waals surface area contributed by atoms with E-state index in [0.29, 0.717) is 24.9 Å². The zero-order valence-electron chi connectivity index (χ0n) is 38.5. The minimum Gasteiger partial charge on any atom is -0.371 e. The molecule has 328 valence electrons. The van der Waals surface area contributed by atoms with Crippen LogP contribution in [0.3, 0.4) is 0 Å². The van der Waals surface area contributed by atoms with Gasteiger partial charge in [-0.1, -0.05) is 167 Å². The van der Waals surface area contributed by atoms with Gasteiger partial charge in [0.15, 0.2) is 0 Å². The molecule has 0 N–H and O–H groups in total. The quantitative estimate of drug-likeness (QED) is 0.180. The first kappa shape index (κ1) is 45.8. The maximum absolute atomic E-state index is 15.8. The molecule has 6 heteroatoms. The van der Waals surface area contributed by atoms with Gasteiger partial charge in [-0.3, -0.25) is 9.59 Å². The Labute approximate surface area is 359 Å².